The molecule has 1 aliphatic carbocycles. The van der Waals surface area contributed by atoms with Crippen LogP contribution in [0.25, 0.3) is 11.4 Å². The monoisotopic (exact) mass is 327 g/mol. The fourth-order valence-corrected chi connectivity index (χ4v) is 4.07. The van der Waals surface area contributed by atoms with Crippen molar-refractivity contribution in [2.75, 3.05) is 18.9 Å². The van der Waals surface area contributed by atoms with E-state index in [1.807, 2.05) is 19.2 Å². The van der Waals surface area contributed by atoms with Crippen LogP contribution in [0.3, 0.4) is 0 Å². The van der Waals surface area contributed by atoms with E-state index < -0.39 is 0 Å². The molecular weight excluding hydrogens is 302 g/mol. The van der Waals surface area contributed by atoms with E-state index in [0.717, 1.165) is 30.2 Å². The first-order valence-corrected chi connectivity index (χ1v) is 9.08. The minimum Gasteiger partial charge on any atom is -0.373 e. The zero-order valence-corrected chi connectivity index (χ0v) is 14.2. The highest BCUT2D eigenvalue weighted by atomic mass is 16.5. The molecule has 2 fully saturated rings. The molecule has 1 N–H and O–H groups in total. The molecule has 128 valence electrons. The van der Waals surface area contributed by atoms with Crippen LogP contribution >= 0.6 is 0 Å². The maximum atomic E-state index is 5.63. The van der Waals surface area contributed by atoms with Crippen LogP contribution in [0.1, 0.15) is 56.9 Å². The third kappa shape index (κ3) is 3.02. The number of aromatic nitrogens is 3. The van der Waals surface area contributed by atoms with Gasteiger partial charge in [-0.2, -0.15) is 4.98 Å². The molecule has 3 heterocycles. The number of nitrogens with zero attached hydrogens (tertiary/aromatic N) is 4. The Hall–Kier alpha value is -1.95. The molecule has 2 aliphatic rings. The second kappa shape index (κ2) is 6.89. The molecule has 0 bridgehead atoms. The van der Waals surface area contributed by atoms with Crippen molar-refractivity contribution in [1.82, 2.24) is 20.0 Å². The molecule has 0 amide bonds. The van der Waals surface area contributed by atoms with Gasteiger partial charge in [-0.3, -0.25) is 4.90 Å². The minimum absolute atomic E-state index is 0.291. The van der Waals surface area contributed by atoms with Crippen LogP contribution in [0.2, 0.25) is 0 Å². The van der Waals surface area contributed by atoms with E-state index in [0.29, 0.717) is 17.9 Å². The lowest BCUT2D eigenvalue weighted by Gasteiger charge is -2.34. The Bertz CT molecular complexity index is 662. The summed E-state index contributed by atoms with van der Waals surface area (Å²) in [4.78, 5) is 11.6. The Morgan fingerprint density at radius 1 is 1.12 bits per heavy atom. The number of rotatable bonds is 4. The van der Waals surface area contributed by atoms with Crippen molar-refractivity contribution in [2.45, 2.75) is 57.0 Å². The van der Waals surface area contributed by atoms with Crippen LogP contribution in [-0.4, -0.2) is 39.7 Å². The summed E-state index contributed by atoms with van der Waals surface area (Å²) >= 11 is 0. The molecular formula is C18H25N5O. The van der Waals surface area contributed by atoms with Crippen molar-refractivity contribution >= 4 is 5.82 Å². The van der Waals surface area contributed by atoms with Crippen molar-refractivity contribution in [3.63, 3.8) is 0 Å². The lowest BCUT2D eigenvalue weighted by molar-refractivity contribution is 0.121. The van der Waals surface area contributed by atoms with E-state index in [-0.39, 0.29) is 0 Å². The zero-order chi connectivity index (χ0) is 16.4. The maximum absolute atomic E-state index is 5.63. The average Bonchev–Trinajstić information content (AvgIpc) is 3.32. The van der Waals surface area contributed by atoms with E-state index in [2.05, 4.69) is 25.3 Å². The molecule has 1 saturated heterocycles. The van der Waals surface area contributed by atoms with Crippen LogP contribution < -0.4 is 5.32 Å². The Morgan fingerprint density at radius 2 is 2.00 bits per heavy atom. The van der Waals surface area contributed by atoms with Gasteiger partial charge in [0.05, 0.1) is 6.04 Å². The Morgan fingerprint density at radius 3 is 2.75 bits per heavy atom. The van der Waals surface area contributed by atoms with Crippen LogP contribution in [0, 0.1) is 0 Å². The molecule has 6 nitrogen and oxygen atoms in total. The first kappa shape index (κ1) is 15.6. The predicted octanol–water partition coefficient (Wildman–Crippen LogP) is 3.64. The van der Waals surface area contributed by atoms with E-state index >= 15 is 0 Å². The fourth-order valence-electron chi connectivity index (χ4n) is 4.07. The predicted molar refractivity (Wildman–Crippen MR) is 92.6 cm³/mol. The van der Waals surface area contributed by atoms with Crippen LogP contribution in [0.15, 0.2) is 22.9 Å². The Labute approximate surface area is 142 Å². The highest BCUT2D eigenvalue weighted by Gasteiger charge is 2.35. The number of likely N-dealkylation sites (tertiary alicyclic amines) is 1. The van der Waals surface area contributed by atoms with Gasteiger partial charge in [-0.05, 0) is 44.4 Å². The van der Waals surface area contributed by atoms with Crippen molar-refractivity contribution in [3.8, 4) is 11.4 Å². The molecule has 2 aromatic heterocycles. The molecule has 1 saturated carbocycles. The van der Waals surface area contributed by atoms with Gasteiger partial charge in [-0.15, -0.1) is 0 Å². The highest BCUT2D eigenvalue weighted by Crippen LogP contribution is 2.37. The van der Waals surface area contributed by atoms with E-state index in [9.17, 15) is 0 Å². The quantitative estimate of drug-likeness (QED) is 0.924. The van der Waals surface area contributed by atoms with Gasteiger partial charge < -0.3 is 9.84 Å². The van der Waals surface area contributed by atoms with Gasteiger partial charge in [0, 0.05) is 24.8 Å². The van der Waals surface area contributed by atoms with Crippen molar-refractivity contribution in [2.24, 2.45) is 0 Å². The molecule has 0 spiro atoms. The molecule has 1 atom stereocenters. The molecule has 0 unspecified atom stereocenters. The number of anilines is 1. The Kier molecular flexibility index (Phi) is 4.47. The topological polar surface area (TPSA) is 67.1 Å². The minimum atomic E-state index is 0.291. The van der Waals surface area contributed by atoms with Gasteiger partial charge in [-0.25, -0.2) is 4.98 Å². The summed E-state index contributed by atoms with van der Waals surface area (Å²) in [5, 5.41) is 7.21. The fraction of sp³-hybridized carbons (Fsp3) is 0.611. The molecule has 1 aliphatic heterocycles. The molecule has 0 radical (unpaired) electrons. The van der Waals surface area contributed by atoms with Crippen molar-refractivity contribution in [1.29, 1.82) is 0 Å². The van der Waals surface area contributed by atoms with Crippen molar-refractivity contribution < 1.29 is 4.52 Å². The summed E-state index contributed by atoms with van der Waals surface area (Å²) in [5.74, 6) is 2.24. The van der Waals surface area contributed by atoms with Gasteiger partial charge in [-0.1, -0.05) is 24.4 Å². The van der Waals surface area contributed by atoms with Crippen LogP contribution in [0.5, 0.6) is 0 Å². The van der Waals surface area contributed by atoms with E-state index in [1.165, 1.54) is 38.5 Å². The van der Waals surface area contributed by atoms with E-state index in [4.69, 9.17) is 4.52 Å². The molecule has 2 aromatic rings. The van der Waals surface area contributed by atoms with Crippen molar-refractivity contribution in [3.05, 3.63) is 24.2 Å². The third-order valence-corrected chi connectivity index (χ3v) is 5.34. The van der Waals surface area contributed by atoms with Gasteiger partial charge >= 0.3 is 0 Å². The maximum Gasteiger partial charge on any atom is 0.244 e. The van der Waals surface area contributed by atoms with E-state index in [1.54, 1.807) is 6.20 Å². The average molecular weight is 327 g/mol. The van der Waals surface area contributed by atoms with Gasteiger partial charge in [0.15, 0.2) is 0 Å². The summed E-state index contributed by atoms with van der Waals surface area (Å²) in [6.07, 6.45) is 10.8. The summed E-state index contributed by atoms with van der Waals surface area (Å²) in [6.45, 7) is 1.16. The lowest BCUT2D eigenvalue weighted by Crippen LogP contribution is -2.36. The van der Waals surface area contributed by atoms with Crippen LogP contribution in [-0.2, 0) is 0 Å². The number of pyridine rings is 1. The number of hydrogen-bond donors (Lipinski definition) is 1. The SMILES string of the molecule is CNc1ccc(-c2noc([C@H]3CCCN3C3CCCCC3)n2)cn1. The molecule has 24 heavy (non-hydrogen) atoms. The van der Waals surface area contributed by atoms with Crippen LogP contribution in [0.4, 0.5) is 5.82 Å². The van der Waals surface area contributed by atoms with Gasteiger partial charge in [0.2, 0.25) is 11.7 Å². The molecule has 6 heteroatoms. The summed E-state index contributed by atoms with van der Waals surface area (Å²) in [6, 6.07) is 4.88. The lowest BCUT2D eigenvalue weighted by atomic mass is 9.94. The second-order valence-corrected chi connectivity index (χ2v) is 6.83. The summed E-state index contributed by atoms with van der Waals surface area (Å²) in [5.41, 5.74) is 0.895. The first-order valence-electron chi connectivity index (χ1n) is 9.08. The highest BCUT2D eigenvalue weighted by molar-refractivity contribution is 5.55. The number of nitrogens with one attached hydrogen (secondary N) is 1. The summed E-state index contributed by atoms with van der Waals surface area (Å²) < 4.78 is 5.63. The normalized spacial score (nSPS) is 22.8. The van der Waals surface area contributed by atoms with Gasteiger partial charge in [0.1, 0.15) is 5.82 Å². The Balaban J connectivity index is 1.52. The number of hydrogen-bond acceptors (Lipinski definition) is 6. The smallest absolute Gasteiger partial charge is 0.244 e. The largest absolute Gasteiger partial charge is 0.373 e. The second-order valence-electron chi connectivity index (χ2n) is 6.83. The standard InChI is InChI=1S/C18H25N5O/c1-19-16-10-9-13(12-20-16)17-21-18(24-22-17)15-8-5-11-23(15)14-6-3-2-4-7-14/h9-10,12,14-15H,2-8,11H2,1H3,(H,19,20)/t15-/m1/s1. The zero-order valence-electron chi connectivity index (χ0n) is 14.2. The summed E-state index contributed by atoms with van der Waals surface area (Å²) in [7, 11) is 1.86. The molecule has 4 rings (SSSR count). The van der Waals surface area contributed by atoms with Gasteiger partial charge in [0.25, 0.3) is 0 Å². The third-order valence-electron chi connectivity index (χ3n) is 5.34. The first-order chi connectivity index (χ1) is 11.8. The molecule has 0 aromatic carbocycles.